The molecule has 0 heterocycles. The summed E-state index contributed by atoms with van der Waals surface area (Å²) in [5.41, 5.74) is 6.43. The van der Waals surface area contributed by atoms with Gasteiger partial charge in [0, 0.05) is 31.1 Å². The third-order valence-corrected chi connectivity index (χ3v) is 2.87. The number of hydrogen-bond donors (Lipinski definition) is 3. The molecule has 1 aromatic rings. The number of Topliss-reactive ketones (excluding diaryl/α,β-unsaturated/α-hetero) is 1. The van der Waals surface area contributed by atoms with Gasteiger partial charge < -0.3 is 16.4 Å². The first-order chi connectivity index (χ1) is 9.49. The molecule has 0 spiro atoms. The van der Waals surface area contributed by atoms with Crippen LogP contribution < -0.4 is 16.4 Å². The Morgan fingerprint density at radius 3 is 2.45 bits per heavy atom. The fourth-order valence-electron chi connectivity index (χ4n) is 1.73. The summed E-state index contributed by atoms with van der Waals surface area (Å²) in [4.78, 5) is 35.3. The maximum absolute atomic E-state index is 12.2. The molecule has 0 aliphatic rings. The van der Waals surface area contributed by atoms with Crippen LogP contribution in [0.15, 0.2) is 24.3 Å². The van der Waals surface area contributed by atoms with Crippen molar-refractivity contribution >= 4 is 23.3 Å². The summed E-state index contributed by atoms with van der Waals surface area (Å²) in [5, 5.41) is 4.95. The largest absolute Gasteiger partial charge is 0.398 e. The van der Waals surface area contributed by atoms with E-state index in [1.165, 1.54) is 7.05 Å². The second-order valence-electron chi connectivity index (χ2n) is 4.30. The number of nitrogen functional groups attached to an aromatic ring is 1. The smallest absolute Gasteiger partial charge is 0.242 e. The van der Waals surface area contributed by atoms with Gasteiger partial charge in [0.25, 0.3) is 0 Å². The van der Waals surface area contributed by atoms with Gasteiger partial charge in [0.15, 0.2) is 5.78 Å². The predicted octanol–water partition coefficient (Wildman–Crippen LogP) is 0.482. The van der Waals surface area contributed by atoms with E-state index in [2.05, 4.69) is 10.6 Å². The minimum Gasteiger partial charge on any atom is -0.398 e. The van der Waals surface area contributed by atoms with E-state index in [0.29, 0.717) is 11.3 Å². The van der Waals surface area contributed by atoms with E-state index >= 15 is 0 Å². The second kappa shape index (κ2) is 7.28. The average molecular weight is 277 g/mol. The van der Waals surface area contributed by atoms with Gasteiger partial charge in [-0.05, 0) is 12.1 Å². The zero-order chi connectivity index (χ0) is 15.1. The number of rotatable bonds is 6. The average Bonchev–Trinajstić information content (AvgIpc) is 2.45. The van der Waals surface area contributed by atoms with Crippen LogP contribution in [-0.4, -0.2) is 30.7 Å². The predicted molar refractivity (Wildman–Crippen MR) is 76.1 cm³/mol. The number of nitrogens with two attached hydrogens (primary N) is 1. The highest BCUT2D eigenvalue weighted by atomic mass is 16.2. The lowest BCUT2D eigenvalue weighted by atomic mass is 10.0. The maximum Gasteiger partial charge on any atom is 0.242 e. The number of likely N-dealkylation sites (N-methyl/N-ethyl adjacent to an activating group) is 1. The van der Waals surface area contributed by atoms with E-state index in [9.17, 15) is 14.4 Å². The molecular formula is C14H19N3O3. The molecule has 0 fully saturated rings. The van der Waals surface area contributed by atoms with Gasteiger partial charge in [-0.3, -0.25) is 14.4 Å². The van der Waals surface area contributed by atoms with Crippen molar-refractivity contribution in [2.45, 2.75) is 25.8 Å². The molecule has 20 heavy (non-hydrogen) atoms. The van der Waals surface area contributed by atoms with E-state index in [4.69, 9.17) is 5.73 Å². The number of carbonyl (C=O) groups is 3. The number of nitrogens with one attached hydrogen (secondary N) is 2. The summed E-state index contributed by atoms with van der Waals surface area (Å²) in [6.07, 6.45) is 0.120. The van der Waals surface area contributed by atoms with Crippen molar-refractivity contribution in [2.75, 3.05) is 12.8 Å². The lowest BCUT2D eigenvalue weighted by Crippen LogP contribution is -2.46. The van der Waals surface area contributed by atoms with Crippen molar-refractivity contribution < 1.29 is 14.4 Å². The fourth-order valence-corrected chi connectivity index (χ4v) is 1.73. The number of carbonyl (C=O) groups excluding carboxylic acids is 3. The Bertz CT molecular complexity index is 514. The zero-order valence-corrected chi connectivity index (χ0v) is 11.6. The number of amides is 2. The van der Waals surface area contributed by atoms with Crippen molar-refractivity contribution in [3.8, 4) is 0 Å². The van der Waals surface area contributed by atoms with Crippen LogP contribution in [0.1, 0.15) is 30.1 Å². The summed E-state index contributed by atoms with van der Waals surface area (Å²) in [6, 6.07) is 5.75. The molecule has 0 saturated heterocycles. The summed E-state index contributed by atoms with van der Waals surface area (Å²) < 4.78 is 0. The quantitative estimate of drug-likeness (QED) is 0.520. The van der Waals surface area contributed by atoms with Crippen LogP contribution in [0.2, 0.25) is 0 Å². The normalized spacial score (nSPS) is 11.5. The SMILES string of the molecule is CCC(=O)NC(CC(=O)c1ccccc1N)C(=O)NC. The minimum absolute atomic E-state index is 0.125. The van der Waals surface area contributed by atoms with Crippen molar-refractivity contribution in [1.82, 2.24) is 10.6 Å². The van der Waals surface area contributed by atoms with Gasteiger partial charge in [0.2, 0.25) is 11.8 Å². The van der Waals surface area contributed by atoms with Crippen molar-refractivity contribution in [3.63, 3.8) is 0 Å². The van der Waals surface area contributed by atoms with E-state index in [1.807, 2.05) is 0 Å². The number of ketones is 1. The van der Waals surface area contributed by atoms with Gasteiger partial charge in [-0.2, -0.15) is 0 Å². The molecule has 0 aliphatic heterocycles. The van der Waals surface area contributed by atoms with E-state index in [-0.39, 0.29) is 24.5 Å². The van der Waals surface area contributed by atoms with Crippen LogP contribution in [-0.2, 0) is 9.59 Å². The Morgan fingerprint density at radius 2 is 1.90 bits per heavy atom. The van der Waals surface area contributed by atoms with Crippen molar-refractivity contribution in [1.29, 1.82) is 0 Å². The number of hydrogen-bond acceptors (Lipinski definition) is 4. The van der Waals surface area contributed by atoms with Gasteiger partial charge in [0.1, 0.15) is 6.04 Å². The van der Waals surface area contributed by atoms with Crippen molar-refractivity contribution in [2.24, 2.45) is 0 Å². The third kappa shape index (κ3) is 4.08. The van der Waals surface area contributed by atoms with Crippen LogP contribution in [0.3, 0.4) is 0 Å². The van der Waals surface area contributed by atoms with Gasteiger partial charge in [0.05, 0.1) is 0 Å². The minimum atomic E-state index is -0.889. The standard InChI is InChI=1S/C14H19N3O3/c1-3-13(19)17-11(14(20)16-2)8-12(18)9-6-4-5-7-10(9)15/h4-7,11H,3,8,15H2,1-2H3,(H,16,20)(H,17,19). The number of para-hydroxylation sites is 1. The number of anilines is 1. The Balaban J connectivity index is 2.84. The first-order valence-electron chi connectivity index (χ1n) is 6.38. The monoisotopic (exact) mass is 277 g/mol. The van der Waals surface area contributed by atoms with Crippen LogP contribution >= 0.6 is 0 Å². The van der Waals surface area contributed by atoms with Gasteiger partial charge in [-0.15, -0.1) is 0 Å². The van der Waals surface area contributed by atoms with E-state index in [1.54, 1.807) is 31.2 Å². The van der Waals surface area contributed by atoms with Crippen LogP contribution in [0.25, 0.3) is 0 Å². The molecule has 1 atom stereocenters. The summed E-state index contributed by atoms with van der Waals surface area (Å²) in [7, 11) is 1.45. The van der Waals surface area contributed by atoms with E-state index < -0.39 is 11.9 Å². The zero-order valence-electron chi connectivity index (χ0n) is 11.6. The fraction of sp³-hybridized carbons (Fsp3) is 0.357. The molecule has 1 rings (SSSR count). The molecule has 2 amide bonds. The molecule has 6 heteroatoms. The third-order valence-electron chi connectivity index (χ3n) is 2.87. The van der Waals surface area contributed by atoms with Crippen molar-refractivity contribution in [3.05, 3.63) is 29.8 Å². The number of benzene rings is 1. The van der Waals surface area contributed by atoms with Crippen LogP contribution in [0.5, 0.6) is 0 Å². The Morgan fingerprint density at radius 1 is 1.25 bits per heavy atom. The van der Waals surface area contributed by atoms with Crippen LogP contribution in [0, 0.1) is 0 Å². The first-order valence-corrected chi connectivity index (χ1v) is 6.38. The molecule has 1 unspecified atom stereocenters. The Hall–Kier alpha value is -2.37. The van der Waals surface area contributed by atoms with E-state index in [0.717, 1.165) is 0 Å². The molecular weight excluding hydrogens is 258 g/mol. The van der Waals surface area contributed by atoms with Crippen LogP contribution in [0.4, 0.5) is 5.69 Å². The Labute approximate surface area is 117 Å². The molecule has 0 aliphatic carbocycles. The molecule has 1 aromatic carbocycles. The lowest BCUT2D eigenvalue weighted by Gasteiger charge is -2.16. The molecule has 6 nitrogen and oxygen atoms in total. The topological polar surface area (TPSA) is 101 Å². The summed E-state index contributed by atoms with van der Waals surface area (Å²) >= 11 is 0. The molecule has 0 aromatic heterocycles. The maximum atomic E-state index is 12.2. The Kier molecular flexibility index (Phi) is 5.71. The van der Waals surface area contributed by atoms with Gasteiger partial charge >= 0.3 is 0 Å². The molecule has 0 radical (unpaired) electrons. The van der Waals surface area contributed by atoms with Gasteiger partial charge in [-0.1, -0.05) is 19.1 Å². The van der Waals surface area contributed by atoms with Gasteiger partial charge in [-0.25, -0.2) is 0 Å². The highest BCUT2D eigenvalue weighted by molar-refractivity contribution is 6.03. The highest BCUT2D eigenvalue weighted by Gasteiger charge is 2.23. The highest BCUT2D eigenvalue weighted by Crippen LogP contribution is 2.14. The molecule has 4 N–H and O–H groups in total. The summed E-state index contributed by atoms with van der Waals surface area (Å²) in [6.45, 7) is 1.67. The molecule has 0 saturated carbocycles. The summed E-state index contributed by atoms with van der Waals surface area (Å²) in [5.74, 6) is -0.977. The first kappa shape index (κ1) is 15.7. The second-order valence-corrected chi connectivity index (χ2v) is 4.30. The lowest BCUT2D eigenvalue weighted by molar-refractivity contribution is -0.128. The molecule has 108 valence electrons. The molecule has 0 bridgehead atoms.